The van der Waals surface area contributed by atoms with Crippen molar-refractivity contribution >= 4 is 17.9 Å². The van der Waals surface area contributed by atoms with Crippen molar-refractivity contribution in [3.8, 4) is 0 Å². The first-order chi connectivity index (χ1) is 9.47. The van der Waals surface area contributed by atoms with E-state index in [9.17, 15) is 14.4 Å². The van der Waals surface area contributed by atoms with E-state index >= 15 is 0 Å². The lowest BCUT2D eigenvalue weighted by Gasteiger charge is -2.34. The van der Waals surface area contributed by atoms with Crippen LogP contribution in [-0.4, -0.2) is 78.5 Å². The minimum atomic E-state index is -1.52. The molecule has 0 bridgehead atoms. The highest BCUT2D eigenvalue weighted by Crippen LogP contribution is 2.07. The number of aliphatic hydroxyl groups excluding tert-OH is 1. The predicted molar refractivity (Wildman–Crippen MR) is 67.0 cm³/mol. The summed E-state index contributed by atoms with van der Waals surface area (Å²) in [6, 6.07) is -1.20. The van der Waals surface area contributed by atoms with Crippen LogP contribution in [0.5, 0.6) is 0 Å². The van der Waals surface area contributed by atoms with E-state index in [1.54, 1.807) is 0 Å². The van der Waals surface area contributed by atoms with Gasteiger partial charge in [0.15, 0.2) is 6.10 Å². The first-order valence-corrected chi connectivity index (χ1v) is 6.22. The van der Waals surface area contributed by atoms with Crippen LogP contribution >= 0.6 is 0 Å². The molecule has 3 amide bonds. The second-order valence-electron chi connectivity index (χ2n) is 4.27. The number of ether oxygens (including phenoxy) is 1. The van der Waals surface area contributed by atoms with Crippen LogP contribution in [0.1, 0.15) is 6.42 Å². The van der Waals surface area contributed by atoms with Crippen molar-refractivity contribution in [2.75, 3.05) is 33.4 Å². The molecule has 1 saturated heterocycles. The molecule has 20 heavy (non-hydrogen) atoms. The molecule has 9 heteroatoms. The van der Waals surface area contributed by atoms with Gasteiger partial charge < -0.3 is 30.5 Å². The standard InChI is InChI=1S/C11H19N3O6/c1-12-9(16)7-6-20-5-4-14(7)11(19)13-3-2-8(15)10(17)18/h7-8,15H,2-6H2,1H3,(H,12,16)(H,13,19)(H,17,18)/t7?,8-/m0/s1. The zero-order valence-corrected chi connectivity index (χ0v) is 11.2. The third kappa shape index (κ3) is 4.35. The van der Waals surface area contributed by atoms with Gasteiger partial charge in [-0.05, 0) is 0 Å². The van der Waals surface area contributed by atoms with Crippen molar-refractivity contribution in [1.82, 2.24) is 15.5 Å². The maximum absolute atomic E-state index is 11.9. The molecule has 114 valence electrons. The summed E-state index contributed by atoms with van der Waals surface area (Å²) in [5.74, 6) is -1.67. The lowest BCUT2D eigenvalue weighted by atomic mass is 10.2. The van der Waals surface area contributed by atoms with Crippen molar-refractivity contribution in [2.24, 2.45) is 0 Å². The zero-order chi connectivity index (χ0) is 15.1. The van der Waals surface area contributed by atoms with Gasteiger partial charge in [0.2, 0.25) is 5.91 Å². The normalized spacial score (nSPS) is 20.1. The minimum absolute atomic E-state index is 0.00409. The number of amides is 3. The van der Waals surface area contributed by atoms with Crippen molar-refractivity contribution in [3.63, 3.8) is 0 Å². The van der Waals surface area contributed by atoms with Gasteiger partial charge in [-0.1, -0.05) is 0 Å². The Morgan fingerprint density at radius 1 is 1.45 bits per heavy atom. The summed E-state index contributed by atoms with van der Waals surface area (Å²) in [5, 5.41) is 22.5. The molecular formula is C11H19N3O6. The van der Waals surface area contributed by atoms with Crippen LogP contribution in [0.4, 0.5) is 4.79 Å². The summed E-state index contributed by atoms with van der Waals surface area (Å²) in [4.78, 5) is 35.3. The Kier molecular flexibility index (Phi) is 6.19. The number of hydrogen-bond acceptors (Lipinski definition) is 5. The Balaban J connectivity index is 2.47. The molecule has 1 aliphatic heterocycles. The summed E-state index contributed by atoms with van der Waals surface area (Å²) >= 11 is 0. The van der Waals surface area contributed by atoms with E-state index in [2.05, 4.69) is 10.6 Å². The molecule has 0 aromatic rings. The summed E-state index contributed by atoms with van der Waals surface area (Å²) in [6.07, 6.45) is -1.62. The van der Waals surface area contributed by atoms with E-state index < -0.39 is 24.1 Å². The van der Waals surface area contributed by atoms with E-state index in [-0.39, 0.29) is 32.0 Å². The van der Waals surface area contributed by atoms with Gasteiger partial charge in [0.1, 0.15) is 6.04 Å². The average Bonchev–Trinajstić information content (AvgIpc) is 2.45. The van der Waals surface area contributed by atoms with Crippen molar-refractivity contribution in [1.29, 1.82) is 0 Å². The van der Waals surface area contributed by atoms with Gasteiger partial charge in [-0.3, -0.25) is 4.79 Å². The SMILES string of the molecule is CNC(=O)C1COCCN1C(=O)NCC[C@H](O)C(=O)O. The third-order valence-electron chi connectivity index (χ3n) is 2.92. The molecule has 0 aromatic carbocycles. The smallest absolute Gasteiger partial charge is 0.332 e. The monoisotopic (exact) mass is 289 g/mol. The van der Waals surface area contributed by atoms with Gasteiger partial charge in [0.05, 0.1) is 13.2 Å². The molecular weight excluding hydrogens is 270 g/mol. The first-order valence-electron chi connectivity index (χ1n) is 6.22. The number of carbonyl (C=O) groups is 3. The Hall–Kier alpha value is -1.87. The van der Waals surface area contributed by atoms with E-state index in [1.165, 1.54) is 11.9 Å². The topological polar surface area (TPSA) is 128 Å². The fourth-order valence-corrected chi connectivity index (χ4v) is 1.77. The van der Waals surface area contributed by atoms with E-state index in [0.717, 1.165) is 0 Å². The Morgan fingerprint density at radius 3 is 2.75 bits per heavy atom. The number of carbonyl (C=O) groups excluding carboxylic acids is 2. The second kappa shape index (κ2) is 7.65. The fourth-order valence-electron chi connectivity index (χ4n) is 1.77. The van der Waals surface area contributed by atoms with Crippen molar-refractivity contribution < 1.29 is 29.3 Å². The number of carboxylic acid groups (broad SMARTS) is 1. The molecule has 1 fully saturated rings. The van der Waals surface area contributed by atoms with Gasteiger partial charge in [-0.2, -0.15) is 0 Å². The molecule has 0 radical (unpaired) electrons. The van der Waals surface area contributed by atoms with Gasteiger partial charge in [0.25, 0.3) is 0 Å². The number of likely N-dealkylation sites (N-methyl/N-ethyl adjacent to an activating group) is 1. The number of nitrogens with one attached hydrogen (secondary N) is 2. The molecule has 2 atom stereocenters. The van der Waals surface area contributed by atoms with Crippen LogP contribution in [0.15, 0.2) is 0 Å². The Morgan fingerprint density at radius 2 is 2.15 bits per heavy atom. The molecule has 9 nitrogen and oxygen atoms in total. The zero-order valence-electron chi connectivity index (χ0n) is 11.2. The number of aliphatic carboxylic acids is 1. The fraction of sp³-hybridized carbons (Fsp3) is 0.727. The molecule has 0 aromatic heterocycles. The van der Waals surface area contributed by atoms with E-state index in [4.69, 9.17) is 14.9 Å². The highest BCUT2D eigenvalue weighted by molar-refractivity contribution is 5.87. The molecule has 1 unspecified atom stereocenters. The number of urea groups is 1. The maximum Gasteiger partial charge on any atom is 0.332 e. The summed E-state index contributed by atoms with van der Waals surface area (Å²) in [5.41, 5.74) is 0. The van der Waals surface area contributed by atoms with Crippen molar-refractivity contribution in [2.45, 2.75) is 18.6 Å². The quantitative estimate of drug-likeness (QED) is 0.462. The number of hydrogen-bond donors (Lipinski definition) is 4. The van der Waals surface area contributed by atoms with Crippen LogP contribution in [0.2, 0.25) is 0 Å². The van der Waals surface area contributed by atoms with E-state index in [1.807, 2.05) is 0 Å². The van der Waals surface area contributed by atoms with Gasteiger partial charge in [-0.25, -0.2) is 9.59 Å². The van der Waals surface area contributed by atoms with Crippen molar-refractivity contribution in [3.05, 3.63) is 0 Å². The Bertz CT molecular complexity index is 375. The van der Waals surface area contributed by atoms with Crippen LogP contribution in [0.3, 0.4) is 0 Å². The largest absolute Gasteiger partial charge is 0.479 e. The molecule has 0 aliphatic carbocycles. The maximum atomic E-state index is 11.9. The minimum Gasteiger partial charge on any atom is -0.479 e. The Labute approximate surface area is 115 Å². The second-order valence-corrected chi connectivity index (χ2v) is 4.27. The van der Waals surface area contributed by atoms with Crippen LogP contribution in [0.25, 0.3) is 0 Å². The first kappa shape index (κ1) is 16.2. The van der Waals surface area contributed by atoms with Crippen LogP contribution in [-0.2, 0) is 14.3 Å². The van der Waals surface area contributed by atoms with Gasteiger partial charge in [-0.15, -0.1) is 0 Å². The molecule has 0 saturated carbocycles. The molecule has 1 rings (SSSR count). The number of carboxylic acids is 1. The highest BCUT2D eigenvalue weighted by atomic mass is 16.5. The lowest BCUT2D eigenvalue weighted by Crippen LogP contribution is -2.58. The summed E-state index contributed by atoms with van der Waals surface area (Å²) in [6.45, 7) is 0.721. The van der Waals surface area contributed by atoms with Gasteiger partial charge >= 0.3 is 12.0 Å². The number of aliphatic hydroxyl groups is 1. The molecule has 1 aliphatic rings. The average molecular weight is 289 g/mol. The lowest BCUT2D eigenvalue weighted by molar-refractivity contribution is -0.146. The molecule has 4 N–H and O–H groups in total. The number of rotatable bonds is 5. The summed E-state index contributed by atoms with van der Waals surface area (Å²) < 4.78 is 5.16. The van der Waals surface area contributed by atoms with Crippen LogP contribution in [0, 0.1) is 0 Å². The summed E-state index contributed by atoms with van der Waals surface area (Å²) in [7, 11) is 1.47. The predicted octanol–water partition coefficient (Wildman–Crippen LogP) is -2.02. The molecule has 1 heterocycles. The van der Waals surface area contributed by atoms with Gasteiger partial charge in [0, 0.05) is 26.6 Å². The highest BCUT2D eigenvalue weighted by Gasteiger charge is 2.32. The number of morpholine rings is 1. The number of nitrogens with zero attached hydrogens (tertiary/aromatic N) is 1. The van der Waals surface area contributed by atoms with Crippen LogP contribution < -0.4 is 10.6 Å². The third-order valence-corrected chi connectivity index (χ3v) is 2.92. The molecule has 0 spiro atoms. The van der Waals surface area contributed by atoms with E-state index in [0.29, 0.717) is 6.61 Å².